The van der Waals surface area contributed by atoms with Gasteiger partial charge < -0.3 is 0 Å². The first kappa shape index (κ1) is 8.55. The van der Waals surface area contributed by atoms with Crippen LogP contribution in [0.4, 0.5) is 0 Å². The second-order valence-corrected chi connectivity index (χ2v) is 5.05. The lowest BCUT2D eigenvalue weighted by Crippen LogP contribution is -2.63. The average Bonchev–Trinajstić information content (AvgIpc) is 2.09. The molecule has 0 N–H and O–H groups in total. The Labute approximate surface area is 76.1 Å². The molecule has 1 heteroatoms. The summed E-state index contributed by atoms with van der Waals surface area (Å²) >= 11 is 0. The molecule has 0 spiro atoms. The number of rotatable bonds is 1. The Hall–Kier alpha value is -0.0400. The lowest BCUT2D eigenvalue weighted by molar-refractivity contribution is -0.0800. The minimum Gasteiger partial charge on any atom is -0.297 e. The molecule has 70 valence electrons. The van der Waals surface area contributed by atoms with E-state index in [1.807, 2.05) is 0 Å². The fourth-order valence-electron chi connectivity index (χ4n) is 2.71. The largest absolute Gasteiger partial charge is 0.297 e. The van der Waals surface area contributed by atoms with E-state index in [-0.39, 0.29) is 0 Å². The van der Waals surface area contributed by atoms with Crippen LogP contribution in [0.15, 0.2) is 0 Å². The van der Waals surface area contributed by atoms with Gasteiger partial charge in [0.1, 0.15) is 0 Å². The van der Waals surface area contributed by atoms with Gasteiger partial charge >= 0.3 is 0 Å². The van der Waals surface area contributed by atoms with Gasteiger partial charge in [-0.25, -0.2) is 0 Å². The summed E-state index contributed by atoms with van der Waals surface area (Å²) < 4.78 is 0. The van der Waals surface area contributed by atoms with Gasteiger partial charge in [-0.1, -0.05) is 20.8 Å². The van der Waals surface area contributed by atoms with Crippen molar-refractivity contribution >= 4 is 0 Å². The standard InChI is InChI=1S/C11H21N/c1-7-5-11(9(7)3)12-6-8(2)10(12)4/h7-11H,5-6H2,1-4H3. The van der Waals surface area contributed by atoms with Crippen molar-refractivity contribution in [1.29, 1.82) is 0 Å². The van der Waals surface area contributed by atoms with Crippen molar-refractivity contribution in [3.05, 3.63) is 0 Å². The summed E-state index contributed by atoms with van der Waals surface area (Å²) in [4.78, 5) is 2.70. The van der Waals surface area contributed by atoms with Crippen LogP contribution in [0.1, 0.15) is 34.1 Å². The van der Waals surface area contributed by atoms with Gasteiger partial charge in [0.25, 0.3) is 0 Å². The number of hydrogen-bond donors (Lipinski definition) is 0. The highest BCUT2D eigenvalue weighted by Crippen LogP contribution is 2.42. The molecule has 0 bridgehead atoms. The third-order valence-corrected chi connectivity index (χ3v) is 4.39. The Bertz CT molecular complexity index is 158. The topological polar surface area (TPSA) is 3.24 Å². The minimum absolute atomic E-state index is 0.852. The first-order chi connectivity index (χ1) is 5.61. The molecule has 0 aromatic heterocycles. The van der Waals surface area contributed by atoms with Gasteiger partial charge in [0.05, 0.1) is 0 Å². The van der Waals surface area contributed by atoms with E-state index in [1.54, 1.807) is 0 Å². The van der Waals surface area contributed by atoms with Gasteiger partial charge in [-0.3, -0.25) is 4.90 Å². The summed E-state index contributed by atoms with van der Waals surface area (Å²) in [5, 5.41) is 0. The minimum atomic E-state index is 0.852. The molecule has 1 saturated carbocycles. The summed E-state index contributed by atoms with van der Waals surface area (Å²) in [6.07, 6.45) is 1.44. The molecule has 1 aliphatic heterocycles. The zero-order chi connectivity index (χ0) is 8.88. The van der Waals surface area contributed by atoms with E-state index < -0.39 is 0 Å². The maximum absolute atomic E-state index is 2.70. The fourth-order valence-corrected chi connectivity index (χ4v) is 2.71. The summed E-state index contributed by atoms with van der Waals surface area (Å²) in [7, 11) is 0. The first-order valence-corrected chi connectivity index (χ1v) is 5.37. The number of hydrogen-bond acceptors (Lipinski definition) is 1. The van der Waals surface area contributed by atoms with Crippen LogP contribution in [0, 0.1) is 17.8 Å². The van der Waals surface area contributed by atoms with Gasteiger partial charge in [0.2, 0.25) is 0 Å². The molecule has 0 aromatic rings. The predicted octanol–water partition coefficient (Wildman–Crippen LogP) is 2.37. The summed E-state index contributed by atoms with van der Waals surface area (Å²) in [6, 6.07) is 1.77. The Morgan fingerprint density at radius 2 is 1.67 bits per heavy atom. The molecule has 0 aromatic carbocycles. The van der Waals surface area contributed by atoms with Crippen LogP contribution in [0.3, 0.4) is 0 Å². The van der Waals surface area contributed by atoms with Crippen molar-refractivity contribution in [2.45, 2.75) is 46.2 Å². The monoisotopic (exact) mass is 167 g/mol. The number of nitrogens with zero attached hydrogens (tertiary/aromatic N) is 1. The first-order valence-electron chi connectivity index (χ1n) is 5.37. The highest BCUT2D eigenvalue weighted by molar-refractivity contribution is 4.98. The maximum Gasteiger partial charge on any atom is 0.0129 e. The predicted molar refractivity (Wildman–Crippen MR) is 52.1 cm³/mol. The molecule has 2 aliphatic rings. The highest BCUT2D eigenvalue weighted by atomic mass is 15.3. The molecule has 2 rings (SSSR count). The van der Waals surface area contributed by atoms with Crippen molar-refractivity contribution in [3.63, 3.8) is 0 Å². The smallest absolute Gasteiger partial charge is 0.0129 e. The normalized spacial score (nSPS) is 54.5. The van der Waals surface area contributed by atoms with Gasteiger partial charge in [-0.05, 0) is 31.1 Å². The van der Waals surface area contributed by atoms with Crippen molar-refractivity contribution in [2.24, 2.45) is 17.8 Å². The van der Waals surface area contributed by atoms with E-state index in [0.717, 1.165) is 29.8 Å². The van der Waals surface area contributed by atoms with Crippen LogP contribution in [-0.2, 0) is 0 Å². The zero-order valence-electron chi connectivity index (χ0n) is 8.75. The van der Waals surface area contributed by atoms with Gasteiger partial charge in [0, 0.05) is 18.6 Å². The molecule has 5 atom stereocenters. The van der Waals surface area contributed by atoms with Gasteiger partial charge in [0.15, 0.2) is 0 Å². The molecule has 0 amide bonds. The van der Waals surface area contributed by atoms with Gasteiger partial charge in [-0.15, -0.1) is 0 Å². The van der Waals surface area contributed by atoms with Crippen molar-refractivity contribution in [1.82, 2.24) is 4.90 Å². The van der Waals surface area contributed by atoms with E-state index in [0.29, 0.717) is 0 Å². The molecular weight excluding hydrogens is 146 g/mol. The molecule has 5 unspecified atom stereocenters. The second-order valence-electron chi connectivity index (χ2n) is 5.05. The molecule has 12 heavy (non-hydrogen) atoms. The Balaban J connectivity index is 1.88. The van der Waals surface area contributed by atoms with Crippen LogP contribution in [0.2, 0.25) is 0 Å². The molecule has 0 radical (unpaired) electrons. The van der Waals surface area contributed by atoms with Gasteiger partial charge in [-0.2, -0.15) is 0 Å². The third-order valence-electron chi connectivity index (χ3n) is 4.39. The highest BCUT2D eigenvalue weighted by Gasteiger charge is 2.45. The van der Waals surface area contributed by atoms with Crippen LogP contribution in [0.5, 0.6) is 0 Å². The fraction of sp³-hybridized carbons (Fsp3) is 1.00. The van der Waals surface area contributed by atoms with E-state index in [1.165, 1.54) is 13.0 Å². The lowest BCUT2D eigenvalue weighted by Gasteiger charge is -2.57. The molecule has 1 heterocycles. The van der Waals surface area contributed by atoms with Crippen molar-refractivity contribution < 1.29 is 0 Å². The van der Waals surface area contributed by atoms with Crippen LogP contribution in [0.25, 0.3) is 0 Å². The second kappa shape index (κ2) is 2.73. The van der Waals surface area contributed by atoms with Crippen LogP contribution < -0.4 is 0 Å². The van der Waals surface area contributed by atoms with E-state index in [4.69, 9.17) is 0 Å². The molecule has 1 nitrogen and oxygen atoms in total. The molecule has 1 aliphatic carbocycles. The summed E-state index contributed by atoms with van der Waals surface area (Å²) in [6.45, 7) is 10.9. The Kier molecular flexibility index (Phi) is 1.95. The maximum atomic E-state index is 2.70. The Morgan fingerprint density at radius 3 is 2.00 bits per heavy atom. The van der Waals surface area contributed by atoms with Crippen LogP contribution in [-0.4, -0.2) is 23.5 Å². The summed E-state index contributed by atoms with van der Waals surface area (Å²) in [5.41, 5.74) is 0. The molecule has 1 saturated heterocycles. The third kappa shape index (κ3) is 1.02. The average molecular weight is 167 g/mol. The number of likely N-dealkylation sites (tertiary alicyclic amines) is 1. The van der Waals surface area contributed by atoms with Crippen molar-refractivity contribution in [3.8, 4) is 0 Å². The van der Waals surface area contributed by atoms with E-state index >= 15 is 0 Å². The van der Waals surface area contributed by atoms with E-state index in [9.17, 15) is 0 Å². The zero-order valence-corrected chi connectivity index (χ0v) is 8.75. The Morgan fingerprint density at radius 1 is 1.00 bits per heavy atom. The van der Waals surface area contributed by atoms with Crippen molar-refractivity contribution in [2.75, 3.05) is 6.54 Å². The summed E-state index contributed by atoms with van der Waals surface area (Å²) in [5.74, 6) is 2.85. The SMILES string of the molecule is CC1CC(N2CC(C)C2C)C1C. The van der Waals surface area contributed by atoms with Crippen LogP contribution >= 0.6 is 0 Å². The quantitative estimate of drug-likeness (QED) is 0.579. The van der Waals surface area contributed by atoms with E-state index in [2.05, 4.69) is 32.6 Å². The molecular formula is C11H21N. The molecule has 2 fully saturated rings. The lowest BCUT2D eigenvalue weighted by atomic mass is 9.68.